The van der Waals surface area contributed by atoms with Crippen LogP contribution in [0.25, 0.3) is 0 Å². The number of carbonyl (C=O) groups excluding carboxylic acids is 1. The molecule has 9 nitrogen and oxygen atoms in total. The van der Waals surface area contributed by atoms with Gasteiger partial charge in [-0.15, -0.1) is 0 Å². The SMILES string of the molecule is Cn1c2c(c(=O)n(C)c1=O)N(C=O)C(C(O)C(O)c1ccccc1)CN2. The Labute approximate surface area is 148 Å². The minimum atomic E-state index is -1.34. The molecule has 2 heterocycles. The molecule has 0 radical (unpaired) electrons. The lowest BCUT2D eigenvalue weighted by Gasteiger charge is -2.39. The molecule has 3 rings (SSSR count). The first kappa shape index (κ1) is 17.9. The highest BCUT2D eigenvalue weighted by Crippen LogP contribution is 2.30. The van der Waals surface area contributed by atoms with Gasteiger partial charge in [0.2, 0.25) is 6.41 Å². The van der Waals surface area contributed by atoms with Crippen LogP contribution in [0, 0.1) is 0 Å². The Morgan fingerprint density at radius 1 is 1.15 bits per heavy atom. The minimum absolute atomic E-state index is 0.0415. The van der Waals surface area contributed by atoms with Gasteiger partial charge in [0.25, 0.3) is 5.56 Å². The fourth-order valence-electron chi connectivity index (χ4n) is 3.20. The summed E-state index contributed by atoms with van der Waals surface area (Å²) in [5, 5.41) is 24.0. The average Bonchev–Trinajstić information content (AvgIpc) is 2.68. The van der Waals surface area contributed by atoms with Crippen LogP contribution in [-0.2, 0) is 18.9 Å². The van der Waals surface area contributed by atoms with Crippen molar-refractivity contribution >= 4 is 17.9 Å². The molecule has 1 aliphatic rings. The van der Waals surface area contributed by atoms with Crippen molar-refractivity contribution < 1.29 is 15.0 Å². The standard InChI is InChI=1S/C17H20N4O5/c1-19-15-12(16(25)20(2)17(19)26)21(9-22)11(8-18-15)14(24)13(23)10-6-4-3-5-7-10/h3-7,9,11,13-14,18,23-24H,8H2,1-2H3. The molecule has 0 fully saturated rings. The lowest BCUT2D eigenvalue weighted by atomic mass is 9.96. The number of aliphatic hydroxyl groups excluding tert-OH is 2. The van der Waals surface area contributed by atoms with E-state index in [1.165, 1.54) is 18.7 Å². The van der Waals surface area contributed by atoms with Crippen molar-refractivity contribution in [2.75, 3.05) is 16.8 Å². The minimum Gasteiger partial charge on any atom is -0.388 e. The fraction of sp³-hybridized carbons (Fsp3) is 0.353. The number of nitrogens with one attached hydrogen (secondary N) is 1. The fourth-order valence-corrected chi connectivity index (χ4v) is 3.20. The molecule has 1 aromatic carbocycles. The normalized spacial score (nSPS) is 18.6. The number of hydrogen-bond acceptors (Lipinski definition) is 6. The van der Waals surface area contributed by atoms with E-state index in [9.17, 15) is 24.6 Å². The molecular formula is C17H20N4O5. The van der Waals surface area contributed by atoms with Crippen molar-refractivity contribution in [2.45, 2.75) is 18.2 Å². The van der Waals surface area contributed by atoms with Crippen molar-refractivity contribution in [3.05, 3.63) is 56.7 Å². The van der Waals surface area contributed by atoms with Gasteiger partial charge in [0.1, 0.15) is 18.0 Å². The predicted molar refractivity (Wildman–Crippen MR) is 95.2 cm³/mol. The van der Waals surface area contributed by atoms with E-state index in [-0.39, 0.29) is 18.1 Å². The van der Waals surface area contributed by atoms with Crippen molar-refractivity contribution in [3.63, 3.8) is 0 Å². The van der Waals surface area contributed by atoms with E-state index in [1.807, 2.05) is 0 Å². The number of fused-ring (bicyclic) bond motifs is 1. The third kappa shape index (κ3) is 2.71. The zero-order valence-corrected chi connectivity index (χ0v) is 14.4. The first-order valence-corrected chi connectivity index (χ1v) is 8.07. The predicted octanol–water partition coefficient (Wildman–Crippen LogP) is -1.06. The molecule has 26 heavy (non-hydrogen) atoms. The van der Waals surface area contributed by atoms with Gasteiger partial charge in [0.15, 0.2) is 5.69 Å². The van der Waals surface area contributed by atoms with Gasteiger partial charge in [0, 0.05) is 20.6 Å². The van der Waals surface area contributed by atoms with E-state index in [0.29, 0.717) is 12.0 Å². The number of benzene rings is 1. The van der Waals surface area contributed by atoms with Crippen LogP contribution < -0.4 is 21.5 Å². The van der Waals surface area contributed by atoms with Crippen LogP contribution in [0.15, 0.2) is 39.9 Å². The van der Waals surface area contributed by atoms with Crippen LogP contribution in [0.3, 0.4) is 0 Å². The molecule has 3 N–H and O–H groups in total. The first-order valence-electron chi connectivity index (χ1n) is 8.07. The van der Waals surface area contributed by atoms with E-state index in [2.05, 4.69) is 5.32 Å². The summed E-state index contributed by atoms with van der Waals surface area (Å²) in [6.07, 6.45) is -2.16. The number of carbonyl (C=O) groups is 1. The van der Waals surface area contributed by atoms with E-state index in [0.717, 1.165) is 9.47 Å². The second-order valence-electron chi connectivity index (χ2n) is 6.21. The van der Waals surface area contributed by atoms with Gasteiger partial charge < -0.3 is 15.5 Å². The highest BCUT2D eigenvalue weighted by molar-refractivity contribution is 5.84. The number of nitrogens with zero attached hydrogens (tertiary/aromatic N) is 3. The van der Waals surface area contributed by atoms with Crippen molar-refractivity contribution in [1.82, 2.24) is 9.13 Å². The number of aliphatic hydroxyl groups is 2. The second kappa shape index (κ2) is 6.77. The number of anilines is 2. The summed E-state index contributed by atoms with van der Waals surface area (Å²) < 4.78 is 2.11. The van der Waals surface area contributed by atoms with Crippen molar-refractivity contribution in [1.29, 1.82) is 0 Å². The largest absolute Gasteiger partial charge is 0.388 e. The molecule has 0 saturated heterocycles. The van der Waals surface area contributed by atoms with E-state index in [4.69, 9.17) is 0 Å². The maximum atomic E-state index is 12.5. The molecule has 138 valence electrons. The summed E-state index contributed by atoms with van der Waals surface area (Å²) in [6, 6.07) is 7.66. The Morgan fingerprint density at radius 2 is 1.81 bits per heavy atom. The van der Waals surface area contributed by atoms with Crippen molar-refractivity contribution in [3.8, 4) is 0 Å². The molecule has 0 saturated carbocycles. The van der Waals surface area contributed by atoms with Gasteiger partial charge in [-0.25, -0.2) is 4.79 Å². The molecule has 1 amide bonds. The molecule has 3 unspecified atom stereocenters. The van der Waals surface area contributed by atoms with Crippen LogP contribution in [0.1, 0.15) is 11.7 Å². The van der Waals surface area contributed by atoms with Crippen LogP contribution in [-0.4, -0.2) is 44.4 Å². The smallest absolute Gasteiger partial charge is 0.332 e. The van der Waals surface area contributed by atoms with Gasteiger partial charge in [-0.1, -0.05) is 30.3 Å². The Bertz CT molecular complexity index is 937. The topological polar surface area (TPSA) is 117 Å². The van der Waals surface area contributed by atoms with Gasteiger partial charge in [-0.05, 0) is 5.56 Å². The highest BCUT2D eigenvalue weighted by atomic mass is 16.3. The molecule has 0 bridgehead atoms. The third-order valence-corrected chi connectivity index (χ3v) is 4.71. The lowest BCUT2D eigenvalue weighted by molar-refractivity contribution is -0.109. The molecular weight excluding hydrogens is 340 g/mol. The molecule has 0 spiro atoms. The first-order chi connectivity index (χ1) is 12.4. The monoisotopic (exact) mass is 360 g/mol. The quantitative estimate of drug-likeness (QED) is 0.598. The lowest BCUT2D eigenvalue weighted by Crippen LogP contribution is -2.56. The van der Waals surface area contributed by atoms with E-state index >= 15 is 0 Å². The molecule has 2 aromatic rings. The molecule has 9 heteroatoms. The molecule has 1 aromatic heterocycles. The van der Waals surface area contributed by atoms with Gasteiger partial charge in [-0.2, -0.15) is 0 Å². The van der Waals surface area contributed by atoms with Crippen LogP contribution >= 0.6 is 0 Å². The average molecular weight is 360 g/mol. The summed E-state index contributed by atoms with van der Waals surface area (Å²) in [7, 11) is 2.79. The Morgan fingerprint density at radius 3 is 2.42 bits per heavy atom. The Balaban J connectivity index is 2.04. The van der Waals surface area contributed by atoms with Crippen molar-refractivity contribution in [2.24, 2.45) is 14.1 Å². The van der Waals surface area contributed by atoms with Crippen LogP contribution in [0.5, 0.6) is 0 Å². The van der Waals surface area contributed by atoms with Gasteiger partial charge in [0.05, 0.1) is 6.04 Å². The maximum absolute atomic E-state index is 12.5. The Kier molecular flexibility index (Phi) is 4.66. The zero-order chi connectivity index (χ0) is 19.0. The maximum Gasteiger partial charge on any atom is 0.332 e. The third-order valence-electron chi connectivity index (χ3n) is 4.71. The number of amides is 1. The molecule has 0 aliphatic carbocycles. The summed E-state index contributed by atoms with van der Waals surface area (Å²) in [6.45, 7) is 0.0667. The zero-order valence-electron chi connectivity index (χ0n) is 14.4. The summed E-state index contributed by atoms with van der Waals surface area (Å²) in [5.41, 5.74) is -0.741. The van der Waals surface area contributed by atoms with E-state index < -0.39 is 29.5 Å². The summed E-state index contributed by atoms with van der Waals surface area (Å²) >= 11 is 0. The van der Waals surface area contributed by atoms with Gasteiger partial charge >= 0.3 is 5.69 Å². The second-order valence-corrected chi connectivity index (χ2v) is 6.21. The molecule has 1 aliphatic heterocycles. The van der Waals surface area contributed by atoms with Crippen LogP contribution in [0.4, 0.5) is 11.5 Å². The van der Waals surface area contributed by atoms with Crippen LogP contribution in [0.2, 0.25) is 0 Å². The number of rotatable bonds is 4. The highest BCUT2D eigenvalue weighted by Gasteiger charge is 2.38. The molecule has 3 atom stereocenters. The summed E-state index contributed by atoms with van der Waals surface area (Å²) in [4.78, 5) is 37.4. The summed E-state index contributed by atoms with van der Waals surface area (Å²) in [5.74, 6) is 0.197. The number of hydrogen-bond donors (Lipinski definition) is 3. The van der Waals surface area contributed by atoms with Gasteiger partial charge in [-0.3, -0.25) is 23.6 Å². The number of aromatic nitrogens is 2. The Hall–Kier alpha value is -2.91. The van der Waals surface area contributed by atoms with E-state index in [1.54, 1.807) is 30.3 Å².